The molecule has 0 amide bonds. The summed E-state index contributed by atoms with van der Waals surface area (Å²) in [5.41, 5.74) is -1.33. The van der Waals surface area contributed by atoms with Crippen molar-refractivity contribution in [1.82, 2.24) is 0 Å². The van der Waals surface area contributed by atoms with E-state index >= 15 is 0 Å². The second-order valence-corrected chi connectivity index (χ2v) is 4.17. The number of hydrogen-bond acceptors (Lipinski definition) is 4. The van der Waals surface area contributed by atoms with Gasteiger partial charge in [-0.2, -0.15) is 0 Å². The first kappa shape index (κ1) is 14.3. The predicted octanol–water partition coefficient (Wildman–Crippen LogP) is 1.70. The zero-order valence-electron chi connectivity index (χ0n) is 11.0. The van der Waals surface area contributed by atoms with Crippen molar-refractivity contribution in [3.05, 3.63) is 12.2 Å². The van der Waals surface area contributed by atoms with Crippen LogP contribution in [0, 0.1) is 23.2 Å². The van der Waals surface area contributed by atoms with E-state index < -0.39 is 17.4 Å². The average Bonchev–Trinajstić information content (AvgIpc) is 2.93. The summed E-state index contributed by atoms with van der Waals surface area (Å²) >= 11 is 0. The molecule has 1 aliphatic carbocycles. The van der Waals surface area contributed by atoms with Gasteiger partial charge >= 0.3 is 11.9 Å². The number of carbonyl (C=O) groups is 2. The highest BCUT2D eigenvalue weighted by atomic mass is 16.5. The topological polar surface area (TPSA) is 52.6 Å². The van der Waals surface area contributed by atoms with Crippen molar-refractivity contribution in [2.45, 2.75) is 26.2 Å². The van der Waals surface area contributed by atoms with Gasteiger partial charge in [0.05, 0.1) is 14.2 Å². The molecule has 1 unspecified atom stereocenters. The van der Waals surface area contributed by atoms with Gasteiger partial charge in [0.1, 0.15) is 0 Å². The third-order valence-electron chi connectivity index (χ3n) is 3.29. The molecular weight excluding hydrogens is 232 g/mol. The highest BCUT2D eigenvalue weighted by Crippen LogP contribution is 2.41. The zero-order chi connectivity index (χ0) is 13.6. The van der Waals surface area contributed by atoms with Crippen LogP contribution in [0.1, 0.15) is 26.2 Å². The summed E-state index contributed by atoms with van der Waals surface area (Å²) < 4.78 is 9.61. The van der Waals surface area contributed by atoms with E-state index in [1.165, 1.54) is 14.2 Å². The van der Waals surface area contributed by atoms with Gasteiger partial charge in [-0.3, -0.25) is 9.59 Å². The number of esters is 2. The van der Waals surface area contributed by atoms with Gasteiger partial charge < -0.3 is 9.47 Å². The fourth-order valence-corrected chi connectivity index (χ4v) is 2.30. The van der Waals surface area contributed by atoms with E-state index in [1.54, 1.807) is 6.92 Å². The second kappa shape index (κ2) is 6.25. The van der Waals surface area contributed by atoms with E-state index in [4.69, 9.17) is 9.47 Å². The lowest BCUT2D eigenvalue weighted by atomic mass is 9.72. The van der Waals surface area contributed by atoms with Crippen LogP contribution >= 0.6 is 0 Å². The Balaban J connectivity index is 3.22. The molecule has 98 valence electrons. The summed E-state index contributed by atoms with van der Waals surface area (Å²) in [5.74, 6) is 4.17. The van der Waals surface area contributed by atoms with Crippen molar-refractivity contribution in [2.24, 2.45) is 11.3 Å². The lowest BCUT2D eigenvalue weighted by Crippen LogP contribution is -2.46. The van der Waals surface area contributed by atoms with Crippen molar-refractivity contribution in [1.29, 1.82) is 0 Å². The molecule has 0 aliphatic heterocycles. The van der Waals surface area contributed by atoms with Crippen LogP contribution in [0.2, 0.25) is 0 Å². The zero-order valence-corrected chi connectivity index (χ0v) is 11.0. The molecule has 0 aromatic heterocycles. The lowest BCUT2D eigenvalue weighted by Gasteiger charge is -2.31. The molecule has 0 saturated carbocycles. The van der Waals surface area contributed by atoms with Crippen LogP contribution < -0.4 is 0 Å². The molecule has 0 radical (unpaired) electrons. The molecule has 0 heterocycles. The van der Waals surface area contributed by atoms with Crippen LogP contribution in [0.25, 0.3) is 0 Å². The van der Waals surface area contributed by atoms with E-state index in [-0.39, 0.29) is 12.3 Å². The number of rotatable bonds is 4. The minimum Gasteiger partial charge on any atom is -0.468 e. The second-order valence-electron chi connectivity index (χ2n) is 4.17. The molecule has 0 spiro atoms. The van der Waals surface area contributed by atoms with Gasteiger partial charge in [-0.25, -0.2) is 0 Å². The molecule has 0 fully saturated rings. The normalized spacial score (nSPS) is 17.8. The maximum Gasteiger partial charge on any atom is 0.324 e. The van der Waals surface area contributed by atoms with Crippen LogP contribution in [0.4, 0.5) is 0 Å². The molecule has 0 aromatic carbocycles. The molecule has 1 rings (SSSR count). The predicted molar refractivity (Wildman–Crippen MR) is 66.4 cm³/mol. The van der Waals surface area contributed by atoms with Crippen LogP contribution in [0.15, 0.2) is 12.2 Å². The van der Waals surface area contributed by atoms with E-state index in [0.717, 1.165) is 12.8 Å². The SMILES string of the molecule is CC#CCC(C(=O)OC)(C(=O)OC)C1C=CCC1. The number of ether oxygens (including phenoxy) is 2. The standard InChI is InChI=1S/C14H18O4/c1-4-5-10-14(12(15)17-2,13(16)18-3)11-8-6-7-9-11/h6,8,11H,7,9-10H2,1-3H3. The van der Waals surface area contributed by atoms with Crippen LogP contribution in [0.5, 0.6) is 0 Å². The van der Waals surface area contributed by atoms with E-state index in [1.807, 2.05) is 12.2 Å². The number of allylic oxidation sites excluding steroid dienone is 2. The summed E-state index contributed by atoms with van der Waals surface area (Å²) in [6, 6.07) is 0. The molecule has 0 N–H and O–H groups in total. The third kappa shape index (κ3) is 2.40. The van der Waals surface area contributed by atoms with Crippen molar-refractivity contribution in [3.63, 3.8) is 0 Å². The molecule has 18 heavy (non-hydrogen) atoms. The van der Waals surface area contributed by atoms with Gasteiger partial charge in [0.25, 0.3) is 0 Å². The highest BCUT2D eigenvalue weighted by molar-refractivity contribution is 6.01. The van der Waals surface area contributed by atoms with Gasteiger partial charge in [-0.05, 0) is 19.8 Å². The Morgan fingerprint density at radius 1 is 1.33 bits per heavy atom. The van der Waals surface area contributed by atoms with Crippen LogP contribution in [-0.4, -0.2) is 26.2 Å². The molecule has 0 aromatic rings. The van der Waals surface area contributed by atoms with Crippen molar-refractivity contribution in [3.8, 4) is 11.8 Å². The largest absolute Gasteiger partial charge is 0.468 e. The van der Waals surface area contributed by atoms with Gasteiger partial charge in [-0.1, -0.05) is 12.2 Å². The smallest absolute Gasteiger partial charge is 0.324 e. The molecule has 4 heteroatoms. The maximum absolute atomic E-state index is 12.1. The first-order valence-corrected chi connectivity index (χ1v) is 5.86. The molecule has 0 saturated heterocycles. The summed E-state index contributed by atoms with van der Waals surface area (Å²) in [5, 5.41) is 0. The third-order valence-corrected chi connectivity index (χ3v) is 3.29. The summed E-state index contributed by atoms with van der Waals surface area (Å²) in [4.78, 5) is 24.2. The monoisotopic (exact) mass is 250 g/mol. The molecule has 0 bridgehead atoms. The fourth-order valence-electron chi connectivity index (χ4n) is 2.30. The number of hydrogen-bond donors (Lipinski definition) is 0. The molecular formula is C14H18O4. The van der Waals surface area contributed by atoms with Gasteiger partial charge in [0, 0.05) is 12.3 Å². The first-order chi connectivity index (χ1) is 8.63. The van der Waals surface area contributed by atoms with Gasteiger partial charge in [0.2, 0.25) is 0 Å². The quantitative estimate of drug-likeness (QED) is 0.330. The van der Waals surface area contributed by atoms with Crippen molar-refractivity contribution < 1.29 is 19.1 Å². The van der Waals surface area contributed by atoms with Crippen LogP contribution in [0.3, 0.4) is 0 Å². The molecule has 1 atom stereocenters. The van der Waals surface area contributed by atoms with E-state index in [0.29, 0.717) is 0 Å². The minimum absolute atomic E-state index is 0.123. The Kier molecular flexibility index (Phi) is 4.96. The maximum atomic E-state index is 12.1. The molecule has 1 aliphatic rings. The Labute approximate surface area is 107 Å². The minimum atomic E-state index is -1.33. The Bertz CT molecular complexity index is 395. The Hall–Kier alpha value is -1.76. The van der Waals surface area contributed by atoms with Gasteiger partial charge in [-0.15, -0.1) is 11.8 Å². The lowest BCUT2D eigenvalue weighted by molar-refractivity contribution is -0.172. The highest BCUT2D eigenvalue weighted by Gasteiger charge is 2.53. The van der Waals surface area contributed by atoms with Crippen molar-refractivity contribution in [2.75, 3.05) is 14.2 Å². The van der Waals surface area contributed by atoms with E-state index in [9.17, 15) is 9.59 Å². The fraction of sp³-hybridized carbons (Fsp3) is 0.571. The number of methoxy groups -OCH3 is 2. The van der Waals surface area contributed by atoms with Gasteiger partial charge in [0.15, 0.2) is 5.41 Å². The number of carbonyl (C=O) groups excluding carboxylic acids is 2. The van der Waals surface area contributed by atoms with Crippen molar-refractivity contribution >= 4 is 11.9 Å². The molecule has 4 nitrogen and oxygen atoms in total. The summed E-state index contributed by atoms with van der Waals surface area (Å²) in [7, 11) is 2.55. The Morgan fingerprint density at radius 3 is 2.33 bits per heavy atom. The van der Waals surface area contributed by atoms with E-state index in [2.05, 4.69) is 11.8 Å². The first-order valence-electron chi connectivity index (χ1n) is 5.86. The van der Waals surface area contributed by atoms with Crippen LogP contribution in [-0.2, 0) is 19.1 Å². The average molecular weight is 250 g/mol. The summed E-state index contributed by atoms with van der Waals surface area (Å²) in [6.45, 7) is 1.67. The summed E-state index contributed by atoms with van der Waals surface area (Å²) in [6.07, 6.45) is 5.54. The Morgan fingerprint density at radius 2 is 1.94 bits per heavy atom.